The molecule has 1 saturated carbocycles. The number of benzene rings is 1. The van der Waals surface area contributed by atoms with Gasteiger partial charge in [-0.15, -0.1) is 0 Å². The van der Waals surface area contributed by atoms with E-state index in [0.29, 0.717) is 13.0 Å². The molecule has 0 radical (unpaired) electrons. The van der Waals surface area contributed by atoms with Crippen molar-refractivity contribution in [3.8, 4) is 0 Å². The van der Waals surface area contributed by atoms with Crippen molar-refractivity contribution >= 4 is 21.7 Å². The molecular weight excluding hydrogens is 392 g/mol. The molecule has 0 aromatic heterocycles. The standard InChI is InChI=1S/C21H32N2O5S/c1-21(2)27-19(20(24)28-21)14-15-22-16-10-12-18(13-11-16)29(25,26)23-17-8-6-4-3-5-7-9-17/h10-13,17,19,22-23H,3-9,14-15H2,1-2H3/t19-/m1/s1. The molecule has 29 heavy (non-hydrogen) atoms. The number of carbonyl (C=O) groups is 1. The summed E-state index contributed by atoms with van der Waals surface area (Å²) in [5.41, 5.74) is 0.792. The van der Waals surface area contributed by atoms with Crippen LogP contribution in [0.3, 0.4) is 0 Å². The minimum absolute atomic E-state index is 0.0218. The van der Waals surface area contributed by atoms with Crippen LogP contribution in [-0.2, 0) is 24.3 Å². The Kier molecular flexibility index (Phi) is 7.19. The van der Waals surface area contributed by atoms with Crippen LogP contribution in [0, 0.1) is 0 Å². The predicted octanol–water partition coefficient (Wildman–Crippen LogP) is 3.56. The van der Waals surface area contributed by atoms with Gasteiger partial charge in [-0.25, -0.2) is 17.9 Å². The molecule has 0 amide bonds. The second-order valence-corrected chi connectivity index (χ2v) is 10.0. The van der Waals surface area contributed by atoms with Gasteiger partial charge in [-0.2, -0.15) is 0 Å². The van der Waals surface area contributed by atoms with E-state index in [9.17, 15) is 13.2 Å². The molecule has 2 N–H and O–H groups in total. The van der Waals surface area contributed by atoms with Gasteiger partial charge in [-0.1, -0.05) is 32.1 Å². The maximum absolute atomic E-state index is 12.7. The summed E-state index contributed by atoms with van der Waals surface area (Å²) in [7, 11) is -3.52. The summed E-state index contributed by atoms with van der Waals surface area (Å²) in [5.74, 6) is -1.22. The number of hydrogen-bond donors (Lipinski definition) is 2. The highest BCUT2D eigenvalue weighted by Crippen LogP contribution is 2.25. The highest BCUT2D eigenvalue weighted by molar-refractivity contribution is 7.89. The van der Waals surface area contributed by atoms with Gasteiger partial charge < -0.3 is 14.8 Å². The summed E-state index contributed by atoms with van der Waals surface area (Å²) in [6, 6.07) is 6.72. The first-order valence-electron chi connectivity index (χ1n) is 10.5. The van der Waals surface area contributed by atoms with E-state index in [1.807, 2.05) is 0 Å². The molecule has 1 aliphatic carbocycles. The van der Waals surface area contributed by atoms with E-state index in [1.54, 1.807) is 38.1 Å². The van der Waals surface area contributed by atoms with Gasteiger partial charge in [-0.05, 0) is 37.1 Å². The molecule has 2 fully saturated rings. The topological polar surface area (TPSA) is 93.7 Å². The molecule has 1 atom stereocenters. The smallest absolute Gasteiger partial charge is 0.337 e. The third-order valence-corrected chi connectivity index (χ3v) is 6.90. The number of ether oxygens (including phenoxy) is 2. The van der Waals surface area contributed by atoms with Crippen molar-refractivity contribution in [1.29, 1.82) is 0 Å². The van der Waals surface area contributed by atoms with Gasteiger partial charge in [0.2, 0.25) is 15.8 Å². The molecular formula is C21H32N2O5S. The number of rotatable bonds is 7. The maximum Gasteiger partial charge on any atom is 0.337 e. The average Bonchev–Trinajstić information content (AvgIpc) is 2.89. The van der Waals surface area contributed by atoms with E-state index >= 15 is 0 Å². The van der Waals surface area contributed by atoms with Crippen molar-refractivity contribution in [2.45, 2.75) is 88.0 Å². The Hall–Kier alpha value is -1.64. The highest BCUT2D eigenvalue weighted by atomic mass is 32.2. The molecule has 162 valence electrons. The lowest BCUT2D eigenvalue weighted by Crippen LogP contribution is -2.35. The van der Waals surface area contributed by atoms with Crippen molar-refractivity contribution in [2.24, 2.45) is 0 Å². The van der Waals surface area contributed by atoms with Crippen molar-refractivity contribution in [3.05, 3.63) is 24.3 Å². The van der Waals surface area contributed by atoms with E-state index in [4.69, 9.17) is 9.47 Å². The number of anilines is 1. The van der Waals surface area contributed by atoms with Crippen LogP contribution in [0.25, 0.3) is 0 Å². The van der Waals surface area contributed by atoms with Crippen LogP contribution >= 0.6 is 0 Å². The highest BCUT2D eigenvalue weighted by Gasteiger charge is 2.40. The van der Waals surface area contributed by atoms with Crippen LogP contribution < -0.4 is 10.0 Å². The average molecular weight is 425 g/mol. The SMILES string of the molecule is CC1(C)OC(=O)[C@@H](CCNc2ccc(S(=O)(=O)NC3CCCCCCC3)cc2)O1. The molecule has 1 aromatic carbocycles. The molecule has 1 heterocycles. The summed E-state index contributed by atoms with van der Waals surface area (Å²) >= 11 is 0. The van der Waals surface area contributed by atoms with Crippen LogP contribution in [0.2, 0.25) is 0 Å². The maximum atomic E-state index is 12.7. The van der Waals surface area contributed by atoms with Crippen molar-refractivity contribution in [2.75, 3.05) is 11.9 Å². The normalized spacial score (nSPS) is 23.2. The monoisotopic (exact) mass is 424 g/mol. The molecule has 0 bridgehead atoms. The first kappa shape index (κ1) is 22.1. The van der Waals surface area contributed by atoms with Crippen LogP contribution in [-0.4, -0.2) is 38.9 Å². The fourth-order valence-electron chi connectivity index (χ4n) is 3.86. The minimum Gasteiger partial charge on any atom is -0.432 e. The van der Waals surface area contributed by atoms with Gasteiger partial charge in [-0.3, -0.25) is 0 Å². The fraction of sp³-hybridized carbons (Fsp3) is 0.667. The quantitative estimate of drug-likeness (QED) is 0.650. The Labute approximate surface area is 173 Å². The number of esters is 1. The van der Waals surface area contributed by atoms with Crippen LogP contribution in [0.5, 0.6) is 0 Å². The van der Waals surface area contributed by atoms with E-state index in [0.717, 1.165) is 31.4 Å². The van der Waals surface area contributed by atoms with Crippen LogP contribution in [0.1, 0.15) is 65.2 Å². The van der Waals surface area contributed by atoms with E-state index in [2.05, 4.69) is 10.0 Å². The lowest BCUT2D eigenvalue weighted by Gasteiger charge is -2.21. The van der Waals surface area contributed by atoms with Gasteiger partial charge in [0.25, 0.3) is 0 Å². The Morgan fingerprint density at radius 3 is 2.24 bits per heavy atom. The number of cyclic esters (lactones) is 1. The zero-order chi connectivity index (χ0) is 20.9. The largest absolute Gasteiger partial charge is 0.432 e. The third kappa shape index (κ3) is 6.42. The summed E-state index contributed by atoms with van der Waals surface area (Å²) < 4.78 is 39.0. The van der Waals surface area contributed by atoms with E-state index in [-0.39, 0.29) is 16.9 Å². The van der Waals surface area contributed by atoms with Gasteiger partial charge in [0.15, 0.2) is 6.10 Å². The molecule has 2 aliphatic rings. The Morgan fingerprint density at radius 2 is 1.66 bits per heavy atom. The van der Waals surface area contributed by atoms with E-state index < -0.39 is 21.9 Å². The molecule has 8 heteroatoms. The molecule has 0 spiro atoms. The summed E-state index contributed by atoms with van der Waals surface area (Å²) in [6.45, 7) is 3.94. The molecule has 1 aromatic rings. The van der Waals surface area contributed by atoms with Crippen molar-refractivity contribution in [3.63, 3.8) is 0 Å². The number of sulfonamides is 1. The zero-order valence-electron chi connectivity index (χ0n) is 17.3. The van der Waals surface area contributed by atoms with E-state index in [1.165, 1.54) is 19.3 Å². The van der Waals surface area contributed by atoms with Crippen molar-refractivity contribution in [1.82, 2.24) is 4.72 Å². The third-order valence-electron chi connectivity index (χ3n) is 5.36. The molecule has 1 aliphatic heterocycles. The zero-order valence-corrected chi connectivity index (χ0v) is 18.1. The molecule has 7 nitrogen and oxygen atoms in total. The number of hydrogen-bond acceptors (Lipinski definition) is 6. The Balaban J connectivity index is 1.50. The summed E-state index contributed by atoms with van der Waals surface area (Å²) in [6.07, 6.45) is 7.47. The minimum atomic E-state index is -3.52. The summed E-state index contributed by atoms with van der Waals surface area (Å²) in [4.78, 5) is 12.0. The predicted molar refractivity (Wildman–Crippen MR) is 111 cm³/mol. The van der Waals surface area contributed by atoms with Gasteiger partial charge in [0.1, 0.15) is 0 Å². The number of nitrogens with one attached hydrogen (secondary N) is 2. The van der Waals surface area contributed by atoms with Gasteiger partial charge in [0.05, 0.1) is 4.90 Å². The van der Waals surface area contributed by atoms with Crippen molar-refractivity contribution < 1.29 is 22.7 Å². The fourth-order valence-corrected chi connectivity index (χ4v) is 5.17. The molecule has 3 rings (SSSR count). The lowest BCUT2D eigenvalue weighted by molar-refractivity contribution is -0.160. The molecule has 1 saturated heterocycles. The Morgan fingerprint density at radius 1 is 1.03 bits per heavy atom. The Bertz CT molecular complexity index is 784. The molecule has 0 unspecified atom stereocenters. The summed E-state index contributed by atoms with van der Waals surface area (Å²) in [5, 5.41) is 3.19. The van der Waals surface area contributed by atoms with Gasteiger partial charge in [0, 0.05) is 38.5 Å². The first-order chi connectivity index (χ1) is 13.8. The lowest BCUT2D eigenvalue weighted by atomic mass is 9.97. The second-order valence-electron chi connectivity index (χ2n) is 8.33. The van der Waals surface area contributed by atoms with Crippen LogP contribution in [0.4, 0.5) is 5.69 Å². The van der Waals surface area contributed by atoms with Gasteiger partial charge >= 0.3 is 5.97 Å². The first-order valence-corrected chi connectivity index (χ1v) is 12.0. The number of carbonyl (C=O) groups excluding carboxylic acids is 1. The van der Waals surface area contributed by atoms with Crippen LogP contribution in [0.15, 0.2) is 29.2 Å². The second kappa shape index (κ2) is 9.45.